The van der Waals surface area contributed by atoms with Gasteiger partial charge in [-0.1, -0.05) is 67.6 Å². The van der Waals surface area contributed by atoms with E-state index in [0.29, 0.717) is 5.92 Å². The number of carbonyl (C=O) groups excluding carboxylic acids is 1. The molecule has 1 aliphatic carbocycles. The molecule has 1 aliphatic heterocycles. The van der Waals surface area contributed by atoms with E-state index in [1.54, 1.807) is 11.9 Å². The summed E-state index contributed by atoms with van der Waals surface area (Å²) in [6.07, 6.45) is 4.32. The summed E-state index contributed by atoms with van der Waals surface area (Å²) in [6, 6.07) is 20.7. The monoisotopic (exact) mass is 344 g/mol. The maximum absolute atomic E-state index is 12.3. The summed E-state index contributed by atoms with van der Waals surface area (Å²) >= 11 is 0. The Morgan fingerprint density at radius 3 is 2.38 bits per heavy atom. The second kappa shape index (κ2) is 6.91. The maximum Gasteiger partial charge on any atom is 0.240 e. The highest BCUT2D eigenvalue weighted by molar-refractivity contribution is 6.08. The third-order valence-electron chi connectivity index (χ3n) is 5.37. The van der Waals surface area contributed by atoms with Gasteiger partial charge in [0.2, 0.25) is 5.91 Å². The van der Waals surface area contributed by atoms with Gasteiger partial charge in [0.1, 0.15) is 0 Å². The number of hydrogen-bond acceptors (Lipinski definition) is 2. The van der Waals surface area contributed by atoms with Gasteiger partial charge >= 0.3 is 0 Å². The van der Waals surface area contributed by atoms with Crippen LogP contribution in [-0.2, 0) is 4.79 Å². The molecule has 1 heterocycles. The summed E-state index contributed by atoms with van der Waals surface area (Å²) in [4.78, 5) is 12.3. The molecule has 132 valence electrons. The van der Waals surface area contributed by atoms with Gasteiger partial charge in [-0.25, -0.2) is 5.01 Å². The van der Waals surface area contributed by atoms with Crippen molar-refractivity contribution in [3.63, 3.8) is 0 Å². The molecule has 3 unspecified atom stereocenters. The van der Waals surface area contributed by atoms with Crippen molar-refractivity contribution in [1.29, 1.82) is 0 Å². The fourth-order valence-electron chi connectivity index (χ4n) is 4.29. The average Bonchev–Trinajstić information content (AvgIpc) is 3.03. The van der Waals surface area contributed by atoms with Gasteiger partial charge in [0, 0.05) is 12.8 Å². The summed E-state index contributed by atoms with van der Waals surface area (Å²) < 4.78 is 0. The predicted molar refractivity (Wildman–Crippen MR) is 105 cm³/mol. The van der Waals surface area contributed by atoms with Crippen LogP contribution in [0.5, 0.6) is 0 Å². The van der Waals surface area contributed by atoms with Crippen molar-refractivity contribution in [3.8, 4) is 0 Å². The third-order valence-corrected chi connectivity index (χ3v) is 5.37. The minimum atomic E-state index is 0.00521. The number of benzene rings is 2. The first kappa shape index (κ1) is 16.8. The third kappa shape index (κ3) is 3.10. The first-order valence-electron chi connectivity index (χ1n) is 9.32. The largest absolute Gasteiger partial charge is 0.273 e. The van der Waals surface area contributed by atoms with Gasteiger partial charge in [0.25, 0.3) is 0 Å². The number of hydrogen-bond donors (Lipinski definition) is 0. The van der Waals surface area contributed by atoms with E-state index in [1.165, 1.54) is 16.7 Å². The molecular formula is C23H24N2O. The van der Waals surface area contributed by atoms with E-state index in [4.69, 9.17) is 5.10 Å². The number of rotatable bonds is 2. The first-order chi connectivity index (χ1) is 12.6. The lowest BCUT2D eigenvalue weighted by Crippen LogP contribution is -2.32. The highest BCUT2D eigenvalue weighted by Crippen LogP contribution is 2.45. The van der Waals surface area contributed by atoms with Crippen molar-refractivity contribution in [2.24, 2.45) is 16.9 Å². The summed E-state index contributed by atoms with van der Waals surface area (Å²) in [5.74, 6) is 0.847. The molecule has 2 aromatic carbocycles. The standard InChI is InChI=1S/C23H24N2O/c1-16-13-20(15-18-9-5-3-6-10-18)22-21(14-16)23(25(24-22)17(2)26)19-11-7-4-8-12-19/h3-12,15-16,21,23H,13-14H2,1-2H3/b20-15+. The molecule has 26 heavy (non-hydrogen) atoms. The maximum atomic E-state index is 12.3. The molecule has 4 rings (SSSR count). The lowest BCUT2D eigenvalue weighted by Gasteiger charge is -2.32. The SMILES string of the molecule is CC(=O)N1N=C2/C(=C/c3ccccc3)CC(C)CC2C1c1ccccc1. The van der Waals surface area contributed by atoms with Gasteiger partial charge in [-0.15, -0.1) is 0 Å². The Morgan fingerprint density at radius 2 is 1.73 bits per heavy atom. The molecule has 3 nitrogen and oxygen atoms in total. The molecule has 3 heteroatoms. The Bertz CT molecular complexity index is 854. The van der Waals surface area contributed by atoms with Crippen molar-refractivity contribution >= 4 is 17.7 Å². The zero-order valence-corrected chi connectivity index (χ0v) is 15.3. The van der Waals surface area contributed by atoms with Crippen LogP contribution in [0.25, 0.3) is 6.08 Å². The van der Waals surface area contributed by atoms with Crippen molar-refractivity contribution in [3.05, 3.63) is 77.4 Å². The van der Waals surface area contributed by atoms with E-state index >= 15 is 0 Å². The van der Waals surface area contributed by atoms with E-state index in [-0.39, 0.29) is 17.9 Å². The van der Waals surface area contributed by atoms with Crippen LogP contribution in [0.3, 0.4) is 0 Å². The van der Waals surface area contributed by atoms with Gasteiger partial charge in [0.05, 0.1) is 11.8 Å². The van der Waals surface area contributed by atoms with E-state index < -0.39 is 0 Å². The smallest absolute Gasteiger partial charge is 0.240 e. The quantitative estimate of drug-likeness (QED) is 0.748. The lowest BCUT2D eigenvalue weighted by molar-refractivity contribution is -0.131. The number of amides is 1. The fraction of sp³-hybridized carbons (Fsp3) is 0.304. The molecule has 1 amide bonds. The van der Waals surface area contributed by atoms with Gasteiger partial charge in [-0.2, -0.15) is 5.10 Å². The molecule has 0 radical (unpaired) electrons. The summed E-state index contributed by atoms with van der Waals surface area (Å²) in [5.41, 5.74) is 4.72. The zero-order valence-electron chi connectivity index (χ0n) is 15.3. The van der Waals surface area contributed by atoms with Crippen LogP contribution in [0.15, 0.2) is 71.3 Å². The van der Waals surface area contributed by atoms with E-state index in [0.717, 1.165) is 18.6 Å². The van der Waals surface area contributed by atoms with E-state index in [1.807, 2.05) is 24.3 Å². The fourth-order valence-corrected chi connectivity index (χ4v) is 4.29. The molecule has 2 aliphatic rings. The molecule has 1 saturated carbocycles. The second-order valence-electron chi connectivity index (χ2n) is 7.44. The van der Waals surface area contributed by atoms with Crippen LogP contribution in [0.4, 0.5) is 0 Å². The molecule has 0 spiro atoms. The highest BCUT2D eigenvalue weighted by Gasteiger charge is 2.44. The normalized spacial score (nSPS) is 26.5. The van der Waals surface area contributed by atoms with Gasteiger partial charge in [-0.05, 0) is 41.5 Å². The van der Waals surface area contributed by atoms with Crippen LogP contribution in [0.2, 0.25) is 0 Å². The molecule has 0 aromatic heterocycles. The predicted octanol–water partition coefficient (Wildman–Crippen LogP) is 5.08. The van der Waals surface area contributed by atoms with Gasteiger partial charge in [-0.3, -0.25) is 4.79 Å². The minimum absolute atomic E-state index is 0.00521. The lowest BCUT2D eigenvalue weighted by atomic mass is 9.73. The van der Waals surface area contributed by atoms with Crippen LogP contribution in [-0.4, -0.2) is 16.6 Å². The summed E-state index contributed by atoms with van der Waals surface area (Å²) in [5, 5.41) is 6.51. The number of hydrazone groups is 1. The van der Waals surface area contributed by atoms with E-state index in [2.05, 4.69) is 49.4 Å². The molecule has 3 atom stereocenters. The molecule has 0 N–H and O–H groups in total. The minimum Gasteiger partial charge on any atom is -0.273 e. The Labute approximate surface area is 155 Å². The molecule has 0 bridgehead atoms. The summed E-state index contributed by atoms with van der Waals surface area (Å²) in [7, 11) is 0. The second-order valence-corrected chi connectivity index (χ2v) is 7.44. The first-order valence-corrected chi connectivity index (χ1v) is 9.32. The molecule has 1 fully saturated rings. The molecular weight excluding hydrogens is 320 g/mol. The van der Waals surface area contributed by atoms with Crippen molar-refractivity contribution in [2.75, 3.05) is 0 Å². The highest BCUT2D eigenvalue weighted by atomic mass is 16.2. The zero-order chi connectivity index (χ0) is 18.1. The van der Waals surface area contributed by atoms with Crippen LogP contribution in [0.1, 0.15) is 43.9 Å². The topological polar surface area (TPSA) is 32.7 Å². The number of allylic oxidation sites excluding steroid dienone is 1. The van der Waals surface area contributed by atoms with Crippen LogP contribution < -0.4 is 0 Å². The molecule has 0 saturated heterocycles. The average molecular weight is 344 g/mol. The summed E-state index contributed by atoms with van der Waals surface area (Å²) in [6.45, 7) is 3.91. The van der Waals surface area contributed by atoms with Crippen LogP contribution in [0, 0.1) is 11.8 Å². The van der Waals surface area contributed by atoms with Gasteiger partial charge in [0.15, 0.2) is 0 Å². The van der Waals surface area contributed by atoms with Crippen molar-refractivity contribution < 1.29 is 4.79 Å². The van der Waals surface area contributed by atoms with Crippen molar-refractivity contribution in [2.45, 2.75) is 32.7 Å². The number of carbonyl (C=O) groups is 1. The Hall–Kier alpha value is -2.68. The Morgan fingerprint density at radius 1 is 1.08 bits per heavy atom. The van der Waals surface area contributed by atoms with Crippen molar-refractivity contribution in [1.82, 2.24) is 5.01 Å². The number of nitrogens with zero attached hydrogens (tertiary/aromatic N) is 2. The number of fused-ring (bicyclic) bond motifs is 1. The Balaban J connectivity index is 1.77. The Kier molecular flexibility index (Phi) is 4.46. The van der Waals surface area contributed by atoms with E-state index in [9.17, 15) is 4.79 Å². The van der Waals surface area contributed by atoms with Gasteiger partial charge < -0.3 is 0 Å². The van der Waals surface area contributed by atoms with Crippen LogP contribution >= 0.6 is 0 Å². The molecule has 2 aromatic rings.